The van der Waals surface area contributed by atoms with E-state index in [4.69, 9.17) is 5.11 Å². The summed E-state index contributed by atoms with van der Waals surface area (Å²) in [5.41, 5.74) is -1.60. The smallest absolute Gasteiger partial charge is 0.257 e. The molecule has 0 fully saturated rings. The van der Waals surface area contributed by atoms with Crippen LogP contribution in [-0.4, -0.2) is 23.2 Å². The fraction of sp³-hybridized carbons (Fsp3) is 0.364. The summed E-state index contributed by atoms with van der Waals surface area (Å²) in [5.74, 6) is -2.81. The van der Waals surface area contributed by atoms with Gasteiger partial charge in [-0.05, 0) is 26.0 Å². The molecule has 94 valence electrons. The van der Waals surface area contributed by atoms with Gasteiger partial charge in [0.15, 0.2) is 0 Å². The van der Waals surface area contributed by atoms with E-state index in [1.165, 1.54) is 0 Å². The first kappa shape index (κ1) is 14.1. The van der Waals surface area contributed by atoms with E-state index in [1.54, 1.807) is 13.8 Å². The van der Waals surface area contributed by atoms with Gasteiger partial charge in [0.1, 0.15) is 17.2 Å². The number of halogens is 3. The number of rotatable bonds is 3. The van der Waals surface area contributed by atoms with Gasteiger partial charge >= 0.3 is 0 Å². The molecule has 1 amide bonds. The van der Waals surface area contributed by atoms with Crippen molar-refractivity contribution in [3.8, 4) is 0 Å². The lowest BCUT2D eigenvalue weighted by Gasteiger charge is -2.23. The van der Waals surface area contributed by atoms with Crippen LogP contribution in [-0.2, 0) is 0 Å². The second-order valence-electron chi connectivity index (χ2n) is 4.24. The Hall–Kier alpha value is -1.01. The van der Waals surface area contributed by atoms with Crippen LogP contribution in [0.4, 0.5) is 8.78 Å². The van der Waals surface area contributed by atoms with E-state index in [2.05, 4.69) is 21.2 Å². The number of aliphatic hydroxyl groups excluding tert-OH is 1. The lowest BCUT2D eigenvalue weighted by molar-refractivity contribution is 0.0860. The minimum absolute atomic E-state index is 0.213. The maximum Gasteiger partial charge on any atom is 0.257 e. The predicted molar refractivity (Wildman–Crippen MR) is 62.7 cm³/mol. The molecular weight excluding hydrogens is 296 g/mol. The Labute approximate surface area is 106 Å². The molecule has 17 heavy (non-hydrogen) atoms. The fourth-order valence-corrected chi connectivity index (χ4v) is 1.57. The maximum absolute atomic E-state index is 13.4. The van der Waals surface area contributed by atoms with Gasteiger partial charge in [-0.1, -0.05) is 15.9 Å². The minimum Gasteiger partial charge on any atom is -0.394 e. The van der Waals surface area contributed by atoms with Gasteiger partial charge in [-0.2, -0.15) is 0 Å². The molecule has 0 saturated heterocycles. The molecule has 0 aliphatic rings. The highest BCUT2D eigenvalue weighted by molar-refractivity contribution is 9.10. The largest absolute Gasteiger partial charge is 0.394 e. The van der Waals surface area contributed by atoms with Crippen molar-refractivity contribution >= 4 is 21.8 Å². The van der Waals surface area contributed by atoms with Gasteiger partial charge in [0.05, 0.1) is 12.1 Å². The zero-order valence-electron chi connectivity index (χ0n) is 9.35. The highest BCUT2D eigenvalue weighted by atomic mass is 79.9. The van der Waals surface area contributed by atoms with Gasteiger partial charge in [0.2, 0.25) is 0 Å². The number of aliphatic hydroxyl groups is 1. The van der Waals surface area contributed by atoms with Crippen molar-refractivity contribution < 1.29 is 18.7 Å². The van der Waals surface area contributed by atoms with E-state index >= 15 is 0 Å². The third-order valence-electron chi connectivity index (χ3n) is 2.08. The van der Waals surface area contributed by atoms with Crippen molar-refractivity contribution in [3.63, 3.8) is 0 Å². The zero-order chi connectivity index (χ0) is 13.2. The number of carbonyl (C=O) groups excluding carboxylic acids is 1. The summed E-state index contributed by atoms with van der Waals surface area (Å²) in [5, 5.41) is 11.3. The molecule has 1 rings (SSSR count). The summed E-state index contributed by atoms with van der Waals surface area (Å²) < 4.78 is 27.1. The number of carbonyl (C=O) groups is 1. The molecule has 0 aliphatic heterocycles. The van der Waals surface area contributed by atoms with Gasteiger partial charge in [-0.25, -0.2) is 8.78 Å². The van der Waals surface area contributed by atoms with Crippen LogP contribution in [0.25, 0.3) is 0 Å². The Morgan fingerprint density at radius 2 is 1.88 bits per heavy atom. The topological polar surface area (TPSA) is 49.3 Å². The lowest BCUT2D eigenvalue weighted by atomic mass is 10.1. The molecule has 0 aliphatic carbocycles. The van der Waals surface area contributed by atoms with Crippen molar-refractivity contribution in [2.75, 3.05) is 6.61 Å². The van der Waals surface area contributed by atoms with Crippen molar-refractivity contribution in [2.45, 2.75) is 19.4 Å². The van der Waals surface area contributed by atoms with Gasteiger partial charge in [0, 0.05) is 4.47 Å². The SMILES string of the molecule is CC(C)(CO)NC(=O)c1c(F)cc(Br)cc1F. The molecule has 0 unspecified atom stereocenters. The highest BCUT2D eigenvalue weighted by Crippen LogP contribution is 2.20. The second-order valence-corrected chi connectivity index (χ2v) is 5.16. The number of hydrogen-bond donors (Lipinski definition) is 2. The Morgan fingerprint density at radius 1 is 1.41 bits per heavy atom. The molecule has 6 heteroatoms. The average Bonchev–Trinajstić information content (AvgIpc) is 2.14. The third-order valence-corrected chi connectivity index (χ3v) is 2.54. The standard InChI is InChI=1S/C11H12BrF2NO2/c1-11(2,5-16)15-10(17)9-7(13)3-6(12)4-8(9)14/h3-4,16H,5H2,1-2H3,(H,15,17). The van der Waals surface area contributed by atoms with Crippen LogP contribution in [0.15, 0.2) is 16.6 Å². The maximum atomic E-state index is 13.4. The Bertz CT molecular complexity index is 426. The molecule has 0 atom stereocenters. The van der Waals surface area contributed by atoms with Gasteiger partial charge < -0.3 is 10.4 Å². The van der Waals surface area contributed by atoms with Gasteiger partial charge in [0.25, 0.3) is 5.91 Å². The van der Waals surface area contributed by atoms with Crippen LogP contribution in [0.5, 0.6) is 0 Å². The predicted octanol–water partition coefficient (Wildman–Crippen LogP) is 2.23. The van der Waals surface area contributed by atoms with Crippen molar-refractivity contribution in [1.29, 1.82) is 0 Å². The molecule has 0 radical (unpaired) electrons. The number of nitrogens with one attached hydrogen (secondary N) is 1. The Morgan fingerprint density at radius 3 is 2.29 bits per heavy atom. The molecule has 0 bridgehead atoms. The second kappa shape index (κ2) is 5.10. The quantitative estimate of drug-likeness (QED) is 0.899. The molecule has 0 spiro atoms. The monoisotopic (exact) mass is 307 g/mol. The van der Waals surface area contributed by atoms with E-state index < -0.39 is 28.6 Å². The number of hydrogen-bond acceptors (Lipinski definition) is 2. The van der Waals surface area contributed by atoms with Crippen LogP contribution < -0.4 is 5.32 Å². The van der Waals surface area contributed by atoms with Gasteiger partial charge in [-0.15, -0.1) is 0 Å². The van der Waals surface area contributed by atoms with Crippen LogP contribution in [0.3, 0.4) is 0 Å². The Balaban J connectivity index is 3.05. The normalized spacial score (nSPS) is 11.4. The van der Waals surface area contributed by atoms with E-state index in [-0.39, 0.29) is 11.1 Å². The summed E-state index contributed by atoms with van der Waals surface area (Å²) >= 11 is 2.92. The van der Waals surface area contributed by atoms with Crippen molar-refractivity contribution in [2.24, 2.45) is 0 Å². The van der Waals surface area contributed by atoms with Crippen LogP contribution >= 0.6 is 15.9 Å². The molecule has 2 N–H and O–H groups in total. The minimum atomic E-state index is -0.955. The van der Waals surface area contributed by atoms with E-state index in [9.17, 15) is 13.6 Å². The summed E-state index contributed by atoms with van der Waals surface area (Å²) in [7, 11) is 0. The molecule has 0 aromatic heterocycles. The first-order valence-electron chi connectivity index (χ1n) is 4.85. The molecule has 0 heterocycles. The fourth-order valence-electron chi connectivity index (χ4n) is 1.17. The van der Waals surface area contributed by atoms with Crippen molar-refractivity contribution in [3.05, 3.63) is 33.8 Å². The summed E-state index contributed by atoms with van der Waals surface area (Å²) in [6.45, 7) is 2.75. The summed E-state index contributed by atoms with van der Waals surface area (Å²) in [6, 6.07) is 2.01. The molecular formula is C11H12BrF2NO2. The van der Waals surface area contributed by atoms with E-state index in [0.717, 1.165) is 12.1 Å². The van der Waals surface area contributed by atoms with Crippen LogP contribution in [0.1, 0.15) is 24.2 Å². The number of amides is 1. The molecule has 1 aromatic carbocycles. The molecule has 1 aromatic rings. The van der Waals surface area contributed by atoms with Gasteiger partial charge in [-0.3, -0.25) is 4.79 Å². The zero-order valence-corrected chi connectivity index (χ0v) is 10.9. The van der Waals surface area contributed by atoms with Crippen molar-refractivity contribution in [1.82, 2.24) is 5.32 Å². The summed E-state index contributed by atoms with van der Waals surface area (Å²) in [6.07, 6.45) is 0. The first-order valence-corrected chi connectivity index (χ1v) is 5.64. The highest BCUT2D eigenvalue weighted by Gasteiger charge is 2.24. The number of benzene rings is 1. The first-order chi connectivity index (χ1) is 7.76. The van der Waals surface area contributed by atoms with Crippen LogP contribution in [0, 0.1) is 11.6 Å². The molecule has 0 saturated carbocycles. The summed E-state index contributed by atoms with van der Waals surface area (Å²) in [4.78, 5) is 11.7. The van der Waals surface area contributed by atoms with E-state index in [0.29, 0.717) is 0 Å². The lowest BCUT2D eigenvalue weighted by Crippen LogP contribution is -2.46. The Kier molecular flexibility index (Phi) is 4.21. The third kappa shape index (κ3) is 3.47. The van der Waals surface area contributed by atoms with Crippen LogP contribution in [0.2, 0.25) is 0 Å². The molecule has 3 nitrogen and oxygen atoms in total. The average molecular weight is 308 g/mol. The van der Waals surface area contributed by atoms with E-state index in [1.807, 2.05) is 0 Å².